The van der Waals surface area contributed by atoms with Crippen molar-refractivity contribution in [2.45, 2.75) is 4.90 Å². The maximum absolute atomic E-state index is 12.1. The van der Waals surface area contributed by atoms with E-state index in [-0.39, 0.29) is 23.5 Å². The molecule has 0 saturated carbocycles. The van der Waals surface area contributed by atoms with Crippen molar-refractivity contribution < 1.29 is 8.42 Å². The fourth-order valence-electron chi connectivity index (χ4n) is 1.73. The number of sulfonamides is 1. The van der Waals surface area contributed by atoms with Gasteiger partial charge in [-0.3, -0.25) is 4.79 Å². The van der Waals surface area contributed by atoms with Crippen LogP contribution in [-0.4, -0.2) is 31.3 Å². The predicted molar refractivity (Wildman–Crippen MR) is 92.3 cm³/mol. The Morgan fingerprint density at radius 2 is 2.09 bits per heavy atom. The molecule has 23 heavy (non-hydrogen) atoms. The Labute approximate surface area is 146 Å². The SMILES string of the molecule is Cn1ncc(NCCNS(=O)(=O)c2cccc(Cl)c2)c(Br)c1=O. The van der Waals surface area contributed by atoms with Crippen LogP contribution < -0.4 is 15.6 Å². The van der Waals surface area contributed by atoms with Crippen molar-refractivity contribution in [3.8, 4) is 0 Å². The van der Waals surface area contributed by atoms with Crippen molar-refractivity contribution in [2.24, 2.45) is 7.05 Å². The highest BCUT2D eigenvalue weighted by Crippen LogP contribution is 2.16. The topological polar surface area (TPSA) is 93.1 Å². The molecule has 0 fully saturated rings. The standard InChI is InChI=1S/C13H14BrClN4O3S/c1-19-13(20)12(14)11(8-17-19)16-5-6-18-23(21,22)10-4-2-3-9(15)7-10/h2-4,7-8,16,18H,5-6H2,1H3. The molecule has 0 spiro atoms. The molecule has 2 aromatic rings. The second-order valence-electron chi connectivity index (χ2n) is 4.58. The summed E-state index contributed by atoms with van der Waals surface area (Å²) in [4.78, 5) is 11.8. The maximum atomic E-state index is 12.1. The highest BCUT2D eigenvalue weighted by molar-refractivity contribution is 9.10. The summed E-state index contributed by atoms with van der Waals surface area (Å²) in [5.41, 5.74) is 0.213. The average molecular weight is 422 g/mol. The number of rotatable bonds is 6. The number of hydrogen-bond acceptors (Lipinski definition) is 5. The lowest BCUT2D eigenvalue weighted by atomic mass is 10.4. The van der Waals surface area contributed by atoms with Crippen LogP contribution in [0.1, 0.15) is 0 Å². The summed E-state index contributed by atoms with van der Waals surface area (Å²) in [5.74, 6) is 0. The zero-order valence-corrected chi connectivity index (χ0v) is 15.2. The number of benzene rings is 1. The molecule has 0 bridgehead atoms. The Bertz CT molecular complexity index is 870. The van der Waals surface area contributed by atoms with Gasteiger partial charge in [0.05, 0.1) is 16.8 Å². The van der Waals surface area contributed by atoms with Gasteiger partial charge in [0.2, 0.25) is 10.0 Å². The minimum atomic E-state index is -3.63. The smallest absolute Gasteiger partial charge is 0.282 e. The van der Waals surface area contributed by atoms with E-state index in [1.54, 1.807) is 12.1 Å². The lowest BCUT2D eigenvalue weighted by Crippen LogP contribution is -2.29. The highest BCUT2D eigenvalue weighted by atomic mass is 79.9. The number of aryl methyl sites for hydroxylation is 1. The molecule has 0 saturated heterocycles. The molecule has 0 radical (unpaired) electrons. The van der Waals surface area contributed by atoms with Gasteiger partial charge in [0.1, 0.15) is 4.47 Å². The largest absolute Gasteiger partial charge is 0.381 e. The van der Waals surface area contributed by atoms with Crippen molar-refractivity contribution in [1.82, 2.24) is 14.5 Å². The number of aromatic nitrogens is 2. The summed E-state index contributed by atoms with van der Waals surface area (Å²) in [7, 11) is -2.09. The molecule has 0 aliphatic rings. The van der Waals surface area contributed by atoms with Crippen LogP contribution >= 0.6 is 27.5 Å². The number of halogens is 2. The molecule has 1 aromatic carbocycles. The first-order chi connectivity index (χ1) is 10.8. The first kappa shape index (κ1) is 17.9. The minimum Gasteiger partial charge on any atom is -0.381 e. The Morgan fingerprint density at radius 1 is 1.35 bits per heavy atom. The molecule has 7 nitrogen and oxygen atoms in total. The Morgan fingerprint density at radius 3 is 2.78 bits per heavy atom. The second-order valence-corrected chi connectivity index (χ2v) is 7.58. The van der Waals surface area contributed by atoms with Crippen molar-refractivity contribution in [3.05, 3.63) is 50.3 Å². The monoisotopic (exact) mass is 420 g/mol. The molecule has 1 aromatic heterocycles. The van der Waals surface area contributed by atoms with Crippen LogP contribution in [0.3, 0.4) is 0 Å². The molecule has 0 aliphatic heterocycles. The van der Waals surface area contributed by atoms with E-state index < -0.39 is 10.0 Å². The van der Waals surface area contributed by atoms with E-state index in [2.05, 4.69) is 31.1 Å². The normalized spacial score (nSPS) is 11.4. The van der Waals surface area contributed by atoms with Gasteiger partial charge in [-0.15, -0.1) is 0 Å². The van der Waals surface area contributed by atoms with E-state index in [0.29, 0.717) is 15.2 Å². The van der Waals surface area contributed by atoms with Gasteiger partial charge in [0.25, 0.3) is 5.56 Å². The van der Waals surface area contributed by atoms with E-state index in [1.807, 2.05) is 0 Å². The summed E-state index contributed by atoms with van der Waals surface area (Å²) in [6, 6.07) is 6.00. The molecule has 1 heterocycles. The molecule has 124 valence electrons. The Balaban J connectivity index is 1.95. The van der Waals surface area contributed by atoms with Gasteiger partial charge in [-0.05, 0) is 34.1 Å². The number of nitrogens with zero attached hydrogens (tertiary/aromatic N) is 2. The van der Waals surface area contributed by atoms with Gasteiger partial charge < -0.3 is 5.32 Å². The zero-order chi connectivity index (χ0) is 17.0. The first-order valence-corrected chi connectivity index (χ1v) is 9.17. The molecule has 2 rings (SSSR count). The number of hydrogen-bond donors (Lipinski definition) is 2. The molecule has 0 atom stereocenters. The Hall–Kier alpha value is -1.42. The van der Waals surface area contributed by atoms with Gasteiger partial charge in [0, 0.05) is 25.2 Å². The molecule has 10 heteroatoms. The molecular weight excluding hydrogens is 408 g/mol. The van der Waals surface area contributed by atoms with E-state index in [1.165, 1.54) is 30.1 Å². The third-order valence-electron chi connectivity index (χ3n) is 2.92. The molecular formula is C13H14BrClN4O3S. The van der Waals surface area contributed by atoms with Crippen LogP contribution in [0.2, 0.25) is 5.02 Å². The van der Waals surface area contributed by atoms with Crippen LogP contribution in [0.25, 0.3) is 0 Å². The van der Waals surface area contributed by atoms with E-state index in [0.717, 1.165) is 0 Å². The predicted octanol–water partition coefficient (Wildman–Crippen LogP) is 1.59. The zero-order valence-electron chi connectivity index (χ0n) is 12.1. The van der Waals surface area contributed by atoms with Crippen LogP contribution in [-0.2, 0) is 17.1 Å². The highest BCUT2D eigenvalue weighted by Gasteiger charge is 2.13. The van der Waals surface area contributed by atoms with Crippen LogP contribution in [0.5, 0.6) is 0 Å². The number of nitrogens with one attached hydrogen (secondary N) is 2. The van der Waals surface area contributed by atoms with Gasteiger partial charge in [-0.25, -0.2) is 17.8 Å². The van der Waals surface area contributed by atoms with E-state index in [4.69, 9.17) is 11.6 Å². The first-order valence-electron chi connectivity index (χ1n) is 6.52. The number of anilines is 1. The summed E-state index contributed by atoms with van der Waals surface area (Å²) < 4.78 is 28.2. The fraction of sp³-hybridized carbons (Fsp3) is 0.231. The second kappa shape index (κ2) is 7.43. The summed E-state index contributed by atoms with van der Waals surface area (Å²) >= 11 is 8.97. The summed E-state index contributed by atoms with van der Waals surface area (Å²) in [6.07, 6.45) is 1.48. The van der Waals surface area contributed by atoms with Crippen LogP contribution in [0, 0.1) is 0 Å². The van der Waals surface area contributed by atoms with Gasteiger partial charge in [0.15, 0.2) is 0 Å². The third-order valence-corrected chi connectivity index (χ3v) is 5.38. The Kier molecular flexibility index (Phi) is 5.79. The van der Waals surface area contributed by atoms with Crippen molar-refractivity contribution in [1.29, 1.82) is 0 Å². The van der Waals surface area contributed by atoms with E-state index >= 15 is 0 Å². The van der Waals surface area contributed by atoms with E-state index in [9.17, 15) is 13.2 Å². The molecule has 0 amide bonds. The maximum Gasteiger partial charge on any atom is 0.282 e. The molecule has 0 unspecified atom stereocenters. The van der Waals surface area contributed by atoms with Crippen molar-refractivity contribution >= 4 is 43.2 Å². The third kappa shape index (κ3) is 4.54. The minimum absolute atomic E-state index is 0.0985. The van der Waals surface area contributed by atoms with Crippen LogP contribution in [0.4, 0.5) is 5.69 Å². The van der Waals surface area contributed by atoms with Gasteiger partial charge in [-0.2, -0.15) is 5.10 Å². The van der Waals surface area contributed by atoms with Gasteiger partial charge >= 0.3 is 0 Å². The fourth-order valence-corrected chi connectivity index (χ4v) is 3.57. The van der Waals surface area contributed by atoms with Crippen molar-refractivity contribution in [3.63, 3.8) is 0 Å². The lowest BCUT2D eigenvalue weighted by molar-refractivity contribution is 0.583. The summed E-state index contributed by atoms with van der Waals surface area (Å²) in [6.45, 7) is 0.420. The van der Waals surface area contributed by atoms with Crippen LogP contribution in [0.15, 0.2) is 44.6 Å². The van der Waals surface area contributed by atoms with Crippen molar-refractivity contribution in [2.75, 3.05) is 18.4 Å². The lowest BCUT2D eigenvalue weighted by Gasteiger charge is -2.10. The quantitative estimate of drug-likeness (QED) is 0.691. The van der Waals surface area contributed by atoms with Gasteiger partial charge in [-0.1, -0.05) is 17.7 Å². The summed E-state index contributed by atoms with van der Waals surface area (Å²) in [5, 5.41) is 7.17. The molecule has 2 N–H and O–H groups in total. The molecule has 0 aliphatic carbocycles. The average Bonchev–Trinajstić information content (AvgIpc) is 2.51.